The van der Waals surface area contributed by atoms with Gasteiger partial charge in [0, 0.05) is 22.5 Å². The molecule has 3 aromatic rings. The number of carbonyl (C=O) groups excluding carboxylic acids is 2. The second-order valence-electron chi connectivity index (χ2n) is 6.76. The van der Waals surface area contributed by atoms with Crippen molar-refractivity contribution < 1.29 is 14.3 Å². The van der Waals surface area contributed by atoms with Crippen molar-refractivity contribution in [2.75, 3.05) is 22.6 Å². The third-order valence-electron chi connectivity index (χ3n) is 4.80. The van der Waals surface area contributed by atoms with E-state index in [0.29, 0.717) is 23.6 Å². The van der Waals surface area contributed by atoms with Crippen LogP contribution in [-0.2, 0) is 4.79 Å². The smallest absolute Gasteiger partial charge is 0.255 e. The SMILES string of the molecule is CCOc1ccc(N2C(=O)CSC2c2ccccc2NC(=O)c2ccccc2)cc1. The van der Waals surface area contributed by atoms with E-state index in [9.17, 15) is 9.59 Å². The number of ether oxygens (including phenoxy) is 1. The maximum atomic E-state index is 12.7. The number of nitrogens with zero attached hydrogens (tertiary/aromatic N) is 1. The number of rotatable bonds is 6. The molecule has 1 aliphatic heterocycles. The minimum absolute atomic E-state index is 0.0401. The molecule has 1 unspecified atom stereocenters. The summed E-state index contributed by atoms with van der Waals surface area (Å²) in [5.74, 6) is 1.02. The molecule has 30 heavy (non-hydrogen) atoms. The monoisotopic (exact) mass is 418 g/mol. The van der Waals surface area contributed by atoms with E-state index in [-0.39, 0.29) is 17.2 Å². The van der Waals surface area contributed by atoms with E-state index >= 15 is 0 Å². The molecule has 5 nitrogen and oxygen atoms in total. The van der Waals surface area contributed by atoms with Gasteiger partial charge in [-0.05, 0) is 49.4 Å². The largest absolute Gasteiger partial charge is 0.494 e. The van der Waals surface area contributed by atoms with E-state index in [4.69, 9.17) is 4.74 Å². The summed E-state index contributed by atoms with van der Waals surface area (Å²) in [7, 11) is 0. The topological polar surface area (TPSA) is 58.6 Å². The number of hydrogen-bond donors (Lipinski definition) is 1. The van der Waals surface area contributed by atoms with E-state index in [1.807, 2.05) is 73.7 Å². The van der Waals surface area contributed by atoms with Crippen LogP contribution in [0.2, 0.25) is 0 Å². The fraction of sp³-hybridized carbons (Fsp3) is 0.167. The van der Waals surface area contributed by atoms with E-state index in [0.717, 1.165) is 17.0 Å². The molecule has 0 aromatic heterocycles. The molecule has 2 amide bonds. The number of anilines is 2. The van der Waals surface area contributed by atoms with Crippen molar-refractivity contribution in [2.24, 2.45) is 0 Å². The van der Waals surface area contributed by atoms with Crippen LogP contribution < -0.4 is 15.0 Å². The molecule has 3 aromatic carbocycles. The lowest BCUT2D eigenvalue weighted by Crippen LogP contribution is -2.28. The molecule has 152 valence electrons. The van der Waals surface area contributed by atoms with Crippen LogP contribution in [0.1, 0.15) is 28.2 Å². The second kappa shape index (κ2) is 9.05. The fourth-order valence-electron chi connectivity index (χ4n) is 3.41. The average molecular weight is 419 g/mol. The maximum absolute atomic E-state index is 12.7. The summed E-state index contributed by atoms with van der Waals surface area (Å²) >= 11 is 1.55. The van der Waals surface area contributed by atoms with Gasteiger partial charge in [-0.15, -0.1) is 11.8 Å². The lowest BCUT2D eigenvalue weighted by atomic mass is 10.1. The van der Waals surface area contributed by atoms with Crippen LogP contribution in [0.25, 0.3) is 0 Å². The Hall–Kier alpha value is -3.25. The number of thioether (sulfide) groups is 1. The van der Waals surface area contributed by atoms with Crippen molar-refractivity contribution in [3.63, 3.8) is 0 Å². The first-order chi connectivity index (χ1) is 14.7. The lowest BCUT2D eigenvalue weighted by Gasteiger charge is -2.26. The Morgan fingerprint density at radius 2 is 1.73 bits per heavy atom. The van der Waals surface area contributed by atoms with Crippen molar-refractivity contribution in [3.8, 4) is 5.75 Å². The highest BCUT2D eigenvalue weighted by Gasteiger charge is 2.35. The highest BCUT2D eigenvalue weighted by molar-refractivity contribution is 8.00. The highest BCUT2D eigenvalue weighted by Crippen LogP contribution is 2.44. The highest BCUT2D eigenvalue weighted by atomic mass is 32.2. The van der Waals surface area contributed by atoms with Crippen molar-refractivity contribution in [2.45, 2.75) is 12.3 Å². The van der Waals surface area contributed by atoms with Crippen molar-refractivity contribution in [1.29, 1.82) is 0 Å². The summed E-state index contributed by atoms with van der Waals surface area (Å²) in [6, 6.07) is 24.3. The van der Waals surface area contributed by atoms with Crippen LogP contribution >= 0.6 is 11.8 Å². The standard InChI is InChI=1S/C24H22N2O3S/c1-2-29-19-14-12-18(13-15-19)26-22(27)16-30-24(26)20-10-6-7-11-21(20)25-23(28)17-8-4-3-5-9-17/h3-15,24H,2,16H2,1H3,(H,25,28). The van der Waals surface area contributed by atoms with Crippen LogP contribution in [0, 0.1) is 0 Å². The minimum atomic E-state index is -0.220. The Labute approximate surface area is 180 Å². The zero-order chi connectivity index (χ0) is 20.9. The normalized spacial score (nSPS) is 15.8. The summed E-state index contributed by atoms with van der Waals surface area (Å²) in [6.07, 6.45) is 0. The van der Waals surface area contributed by atoms with E-state index in [1.54, 1.807) is 28.8 Å². The first-order valence-electron chi connectivity index (χ1n) is 9.79. The number of benzene rings is 3. The molecule has 1 atom stereocenters. The van der Waals surface area contributed by atoms with Crippen LogP contribution in [0.3, 0.4) is 0 Å². The molecule has 0 bridgehead atoms. The molecule has 1 aliphatic rings. The summed E-state index contributed by atoms with van der Waals surface area (Å²) in [5.41, 5.74) is 2.99. The zero-order valence-corrected chi connectivity index (χ0v) is 17.4. The Bertz CT molecular complexity index is 1040. The minimum Gasteiger partial charge on any atom is -0.494 e. The number of amides is 2. The number of carbonyl (C=O) groups is 2. The van der Waals surface area contributed by atoms with E-state index in [2.05, 4.69) is 5.32 Å². The first-order valence-corrected chi connectivity index (χ1v) is 10.8. The van der Waals surface area contributed by atoms with Crippen molar-refractivity contribution in [3.05, 3.63) is 90.0 Å². The van der Waals surface area contributed by atoms with E-state index in [1.165, 1.54) is 0 Å². The fourth-order valence-corrected chi connectivity index (χ4v) is 4.63. The molecule has 0 radical (unpaired) electrons. The second-order valence-corrected chi connectivity index (χ2v) is 7.83. The Morgan fingerprint density at radius 1 is 1.03 bits per heavy atom. The van der Waals surface area contributed by atoms with Gasteiger partial charge in [0.15, 0.2) is 0 Å². The van der Waals surface area contributed by atoms with Gasteiger partial charge in [0.2, 0.25) is 5.91 Å². The maximum Gasteiger partial charge on any atom is 0.255 e. The Balaban J connectivity index is 1.62. The first kappa shape index (κ1) is 20.0. The number of hydrogen-bond acceptors (Lipinski definition) is 4. The third-order valence-corrected chi connectivity index (χ3v) is 6.00. The van der Waals surface area contributed by atoms with Gasteiger partial charge in [0.25, 0.3) is 5.91 Å². The lowest BCUT2D eigenvalue weighted by molar-refractivity contribution is -0.115. The molecule has 0 aliphatic carbocycles. The predicted octanol–water partition coefficient (Wildman–Crippen LogP) is 5.12. The van der Waals surface area contributed by atoms with E-state index < -0.39 is 0 Å². The van der Waals surface area contributed by atoms with Crippen molar-refractivity contribution >= 4 is 35.0 Å². The van der Waals surface area contributed by atoms with Gasteiger partial charge < -0.3 is 10.1 Å². The molecule has 1 N–H and O–H groups in total. The van der Waals surface area contributed by atoms with Crippen LogP contribution in [0.15, 0.2) is 78.9 Å². The molecular weight excluding hydrogens is 396 g/mol. The Kier molecular flexibility index (Phi) is 6.05. The predicted molar refractivity (Wildman–Crippen MR) is 121 cm³/mol. The third kappa shape index (κ3) is 4.19. The number of para-hydroxylation sites is 1. The van der Waals surface area contributed by atoms with Gasteiger partial charge >= 0.3 is 0 Å². The van der Waals surface area contributed by atoms with Crippen LogP contribution in [0.5, 0.6) is 5.75 Å². The average Bonchev–Trinajstić information content (AvgIpc) is 3.16. The molecule has 1 heterocycles. The number of nitrogens with one attached hydrogen (secondary N) is 1. The molecule has 0 spiro atoms. The summed E-state index contributed by atoms with van der Waals surface area (Å²) in [5, 5.41) is 2.79. The molecular formula is C24H22N2O3S. The zero-order valence-electron chi connectivity index (χ0n) is 16.6. The molecule has 4 rings (SSSR count). The summed E-state index contributed by atoms with van der Waals surface area (Å²) in [6.45, 7) is 2.53. The van der Waals surface area contributed by atoms with Gasteiger partial charge in [-0.3, -0.25) is 14.5 Å². The molecule has 0 saturated carbocycles. The van der Waals surface area contributed by atoms with Gasteiger partial charge in [-0.2, -0.15) is 0 Å². The van der Waals surface area contributed by atoms with Gasteiger partial charge in [-0.1, -0.05) is 36.4 Å². The molecule has 6 heteroatoms. The van der Waals surface area contributed by atoms with Gasteiger partial charge in [-0.25, -0.2) is 0 Å². The van der Waals surface area contributed by atoms with Gasteiger partial charge in [0.1, 0.15) is 11.1 Å². The van der Waals surface area contributed by atoms with Crippen molar-refractivity contribution in [1.82, 2.24) is 0 Å². The quantitative estimate of drug-likeness (QED) is 0.604. The van der Waals surface area contributed by atoms with Gasteiger partial charge in [0.05, 0.1) is 12.4 Å². The van der Waals surface area contributed by atoms with Crippen LogP contribution in [-0.4, -0.2) is 24.2 Å². The Morgan fingerprint density at radius 3 is 2.47 bits per heavy atom. The summed E-state index contributed by atoms with van der Waals surface area (Å²) in [4.78, 5) is 27.2. The molecule has 1 fully saturated rings. The summed E-state index contributed by atoms with van der Waals surface area (Å²) < 4.78 is 5.51. The molecule has 1 saturated heterocycles. The van der Waals surface area contributed by atoms with Crippen LogP contribution in [0.4, 0.5) is 11.4 Å².